The quantitative estimate of drug-likeness (QED) is 0.447. The van der Waals surface area contributed by atoms with Gasteiger partial charge in [-0.1, -0.05) is 35.9 Å². The van der Waals surface area contributed by atoms with Crippen molar-refractivity contribution in [2.24, 2.45) is 0 Å². The highest BCUT2D eigenvalue weighted by Crippen LogP contribution is 2.40. The number of hydrogen-bond donors (Lipinski definition) is 1. The number of hydrogen-bond acceptors (Lipinski definition) is 4. The number of amides is 1. The SMILES string of the molecule is Cc1ccc(C)c(C(O)=C2C(=O)C(=O)N(CCCN(C)C)[C@H]2c2ccccc2F)c1. The van der Waals surface area contributed by atoms with Crippen LogP contribution in [0.15, 0.2) is 48.0 Å². The molecule has 30 heavy (non-hydrogen) atoms. The van der Waals surface area contributed by atoms with Crippen LogP contribution in [-0.2, 0) is 9.59 Å². The summed E-state index contributed by atoms with van der Waals surface area (Å²) in [4.78, 5) is 29.2. The minimum absolute atomic E-state index is 0.0661. The van der Waals surface area contributed by atoms with E-state index < -0.39 is 23.5 Å². The summed E-state index contributed by atoms with van der Waals surface area (Å²) < 4.78 is 14.7. The molecule has 1 saturated heterocycles. The minimum Gasteiger partial charge on any atom is -0.507 e. The first-order valence-electron chi connectivity index (χ1n) is 9.97. The van der Waals surface area contributed by atoms with Crippen molar-refractivity contribution in [1.29, 1.82) is 0 Å². The summed E-state index contributed by atoms with van der Waals surface area (Å²) >= 11 is 0. The van der Waals surface area contributed by atoms with Gasteiger partial charge in [0, 0.05) is 17.7 Å². The molecule has 0 aromatic heterocycles. The number of Topliss-reactive ketones (excluding diaryl/α,β-unsaturated/α-hetero) is 1. The van der Waals surface area contributed by atoms with Gasteiger partial charge in [-0.15, -0.1) is 0 Å². The fourth-order valence-electron chi connectivity index (χ4n) is 3.82. The monoisotopic (exact) mass is 410 g/mol. The normalized spacial score (nSPS) is 18.5. The van der Waals surface area contributed by atoms with Crippen LogP contribution in [-0.4, -0.2) is 53.8 Å². The summed E-state index contributed by atoms with van der Waals surface area (Å²) in [6.45, 7) is 4.69. The first-order valence-corrected chi connectivity index (χ1v) is 9.97. The van der Waals surface area contributed by atoms with Gasteiger partial charge in [-0.2, -0.15) is 0 Å². The number of aliphatic hydroxyl groups excluding tert-OH is 1. The number of aryl methyl sites for hydroxylation is 2. The van der Waals surface area contributed by atoms with Crippen LogP contribution < -0.4 is 0 Å². The summed E-state index contributed by atoms with van der Waals surface area (Å²) in [5.74, 6) is -2.29. The molecule has 0 aliphatic carbocycles. The molecule has 3 rings (SSSR count). The van der Waals surface area contributed by atoms with E-state index in [0.29, 0.717) is 18.5 Å². The Morgan fingerprint density at radius 1 is 1.13 bits per heavy atom. The number of carbonyl (C=O) groups is 2. The van der Waals surface area contributed by atoms with E-state index >= 15 is 0 Å². The fraction of sp³-hybridized carbons (Fsp3) is 0.333. The molecule has 2 aromatic carbocycles. The zero-order valence-electron chi connectivity index (χ0n) is 17.8. The van der Waals surface area contributed by atoms with Gasteiger partial charge >= 0.3 is 0 Å². The summed E-state index contributed by atoms with van der Waals surface area (Å²) in [7, 11) is 3.84. The van der Waals surface area contributed by atoms with Crippen LogP contribution >= 0.6 is 0 Å². The Bertz CT molecular complexity index is 1010. The fourth-order valence-corrected chi connectivity index (χ4v) is 3.82. The lowest BCUT2D eigenvalue weighted by Gasteiger charge is -2.26. The van der Waals surface area contributed by atoms with Crippen molar-refractivity contribution in [3.05, 3.63) is 76.1 Å². The first-order chi connectivity index (χ1) is 14.2. The smallest absolute Gasteiger partial charge is 0.295 e. The Kier molecular flexibility index (Phi) is 6.37. The Balaban J connectivity index is 2.16. The maximum atomic E-state index is 14.7. The Hall–Kier alpha value is -2.99. The van der Waals surface area contributed by atoms with Crippen molar-refractivity contribution < 1.29 is 19.1 Å². The van der Waals surface area contributed by atoms with Gasteiger partial charge in [0.2, 0.25) is 0 Å². The van der Waals surface area contributed by atoms with Gasteiger partial charge in [0.15, 0.2) is 0 Å². The molecule has 158 valence electrons. The van der Waals surface area contributed by atoms with Gasteiger partial charge in [0.05, 0.1) is 11.6 Å². The van der Waals surface area contributed by atoms with E-state index in [2.05, 4.69) is 0 Å². The zero-order chi connectivity index (χ0) is 22.0. The average molecular weight is 410 g/mol. The molecule has 0 radical (unpaired) electrons. The third-order valence-corrected chi connectivity index (χ3v) is 5.39. The largest absolute Gasteiger partial charge is 0.507 e. The third-order valence-electron chi connectivity index (χ3n) is 5.39. The number of ketones is 1. The number of halogens is 1. The molecule has 1 aliphatic rings. The summed E-state index contributed by atoms with van der Waals surface area (Å²) in [6.07, 6.45) is 0.620. The lowest BCUT2D eigenvalue weighted by atomic mass is 9.93. The van der Waals surface area contributed by atoms with Crippen LogP contribution in [0.1, 0.15) is 34.7 Å². The lowest BCUT2D eigenvalue weighted by Crippen LogP contribution is -2.32. The van der Waals surface area contributed by atoms with Crippen LogP contribution in [0.25, 0.3) is 5.76 Å². The van der Waals surface area contributed by atoms with E-state index in [4.69, 9.17) is 0 Å². The van der Waals surface area contributed by atoms with Gasteiger partial charge < -0.3 is 14.9 Å². The molecule has 0 unspecified atom stereocenters. The number of benzene rings is 2. The minimum atomic E-state index is -0.965. The topological polar surface area (TPSA) is 60.9 Å². The highest BCUT2D eigenvalue weighted by Gasteiger charge is 2.46. The Labute approximate surface area is 176 Å². The van der Waals surface area contributed by atoms with E-state index in [1.54, 1.807) is 24.3 Å². The molecule has 6 heteroatoms. The highest BCUT2D eigenvalue weighted by atomic mass is 19.1. The summed E-state index contributed by atoms with van der Waals surface area (Å²) in [6, 6.07) is 10.6. The number of nitrogens with zero attached hydrogens (tertiary/aromatic N) is 2. The molecule has 0 saturated carbocycles. The third kappa shape index (κ3) is 4.14. The summed E-state index contributed by atoms with van der Waals surface area (Å²) in [5.41, 5.74) is 2.29. The maximum absolute atomic E-state index is 14.7. The van der Waals surface area contributed by atoms with Crippen LogP contribution in [0.5, 0.6) is 0 Å². The van der Waals surface area contributed by atoms with Crippen molar-refractivity contribution in [3.63, 3.8) is 0 Å². The molecule has 1 amide bonds. The van der Waals surface area contributed by atoms with E-state index in [1.807, 2.05) is 45.0 Å². The van der Waals surface area contributed by atoms with E-state index in [9.17, 15) is 19.1 Å². The molecule has 1 heterocycles. The number of rotatable bonds is 6. The van der Waals surface area contributed by atoms with Crippen molar-refractivity contribution in [3.8, 4) is 0 Å². The van der Waals surface area contributed by atoms with Crippen LogP contribution in [0.3, 0.4) is 0 Å². The Morgan fingerprint density at radius 3 is 2.50 bits per heavy atom. The van der Waals surface area contributed by atoms with Crippen LogP contribution in [0.4, 0.5) is 4.39 Å². The molecule has 1 aliphatic heterocycles. The zero-order valence-corrected chi connectivity index (χ0v) is 17.8. The first kappa shape index (κ1) is 21.7. The molecule has 0 spiro atoms. The van der Waals surface area contributed by atoms with E-state index in [1.165, 1.54) is 11.0 Å². The molecular weight excluding hydrogens is 383 g/mol. The highest BCUT2D eigenvalue weighted by molar-refractivity contribution is 6.46. The van der Waals surface area contributed by atoms with Gasteiger partial charge in [0.25, 0.3) is 11.7 Å². The van der Waals surface area contributed by atoms with E-state index in [-0.39, 0.29) is 23.4 Å². The van der Waals surface area contributed by atoms with E-state index in [0.717, 1.165) is 11.1 Å². The van der Waals surface area contributed by atoms with Crippen LogP contribution in [0, 0.1) is 19.7 Å². The Morgan fingerprint density at radius 2 is 1.83 bits per heavy atom. The predicted octanol–water partition coefficient (Wildman–Crippen LogP) is 3.82. The van der Waals surface area contributed by atoms with Gasteiger partial charge in [-0.05, 0) is 58.6 Å². The second kappa shape index (κ2) is 8.79. The number of aliphatic hydroxyl groups is 1. The summed E-state index contributed by atoms with van der Waals surface area (Å²) in [5, 5.41) is 11.1. The molecular formula is C24H27FN2O3. The van der Waals surface area contributed by atoms with Crippen LogP contribution in [0.2, 0.25) is 0 Å². The molecule has 1 atom stereocenters. The maximum Gasteiger partial charge on any atom is 0.295 e. The second-order valence-electron chi connectivity index (χ2n) is 7.99. The molecule has 5 nitrogen and oxygen atoms in total. The molecule has 0 bridgehead atoms. The molecule has 1 N–H and O–H groups in total. The number of carbonyl (C=O) groups excluding carboxylic acids is 2. The lowest BCUT2D eigenvalue weighted by molar-refractivity contribution is -0.140. The van der Waals surface area contributed by atoms with Crippen molar-refractivity contribution in [2.75, 3.05) is 27.2 Å². The van der Waals surface area contributed by atoms with Crippen molar-refractivity contribution >= 4 is 17.4 Å². The van der Waals surface area contributed by atoms with Gasteiger partial charge in [0.1, 0.15) is 11.6 Å². The molecule has 2 aromatic rings. The second-order valence-corrected chi connectivity index (χ2v) is 7.99. The molecule has 1 fully saturated rings. The van der Waals surface area contributed by atoms with Gasteiger partial charge in [-0.25, -0.2) is 4.39 Å². The number of likely N-dealkylation sites (tertiary alicyclic amines) is 1. The average Bonchev–Trinajstić information content (AvgIpc) is 2.94. The van der Waals surface area contributed by atoms with Gasteiger partial charge in [-0.3, -0.25) is 9.59 Å². The van der Waals surface area contributed by atoms with Crippen molar-refractivity contribution in [2.45, 2.75) is 26.3 Å². The standard InChI is InChI=1S/C24H27FN2O3/c1-15-10-11-16(2)18(14-15)22(28)20-21(17-8-5-6-9-19(17)25)27(24(30)23(20)29)13-7-12-26(3)4/h5-6,8-11,14,21,28H,7,12-13H2,1-4H3/t21-/m0/s1. The predicted molar refractivity (Wildman–Crippen MR) is 114 cm³/mol. The van der Waals surface area contributed by atoms with Crippen molar-refractivity contribution in [1.82, 2.24) is 9.80 Å².